The smallest absolute Gasteiger partial charge is 0.410 e. The average Bonchev–Trinajstić information content (AvgIpc) is 2.24. The van der Waals surface area contributed by atoms with Crippen molar-refractivity contribution < 1.29 is 18.3 Å². The van der Waals surface area contributed by atoms with Gasteiger partial charge in [0.25, 0.3) is 5.92 Å². The minimum atomic E-state index is -3.18. The van der Waals surface area contributed by atoms with Gasteiger partial charge in [-0.25, -0.2) is 4.79 Å². The largest absolute Gasteiger partial charge is 0.444 e. The monoisotopic (exact) mass is 303 g/mol. The first-order valence-corrected chi connectivity index (χ1v) is 6.61. The third kappa shape index (κ3) is 3.03. The molecule has 1 aromatic rings. The minimum Gasteiger partial charge on any atom is -0.444 e. The zero-order chi connectivity index (χ0) is 15.1. The summed E-state index contributed by atoms with van der Waals surface area (Å²) in [7, 11) is 0. The first-order valence-electron chi connectivity index (χ1n) is 6.24. The molecular weight excluding hydrogens is 288 g/mol. The van der Waals surface area contributed by atoms with Crippen LogP contribution in [-0.4, -0.2) is 23.1 Å². The number of hydrogen-bond acceptors (Lipinski definition) is 2. The molecule has 0 saturated heterocycles. The highest BCUT2D eigenvalue weighted by molar-refractivity contribution is 6.31. The number of ether oxygens (including phenoxy) is 1. The highest BCUT2D eigenvalue weighted by Gasteiger charge is 2.44. The van der Waals surface area contributed by atoms with E-state index in [9.17, 15) is 13.6 Å². The Labute approximate surface area is 121 Å². The number of amides is 1. The molecule has 0 atom stereocenters. The van der Waals surface area contributed by atoms with Crippen molar-refractivity contribution in [3.63, 3.8) is 0 Å². The zero-order valence-corrected chi connectivity index (χ0v) is 12.3. The van der Waals surface area contributed by atoms with Gasteiger partial charge in [0, 0.05) is 12.1 Å². The Kier molecular flexibility index (Phi) is 3.67. The maximum atomic E-state index is 14.2. The normalized spacial score (nSPS) is 17.6. The lowest BCUT2D eigenvalue weighted by atomic mass is 9.96. The first-order chi connectivity index (χ1) is 9.10. The molecule has 0 aromatic heterocycles. The number of carbonyl (C=O) groups is 1. The van der Waals surface area contributed by atoms with Crippen LogP contribution in [-0.2, 0) is 17.2 Å². The van der Waals surface area contributed by atoms with Gasteiger partial charge in [0.1, 0.15) is 5.60 Å². The zero-order valence-electron chi connectivity index (χ0n) is 11.5. The topological polar surface area (TPSA) is 29.5 Å². The standard InChI is InChI=1S/C14H16ClF2NO2/c1-13(2,3)20-12(19)18-7-9-5-4-6-10(15)11(9)14(16,17)8-18/h4-6H,7-8H2,1-3H3. The van der Waals surface area contributed by atoms with E-state index in [1.165, 1.54) is 6.07 Å². The molecule has 1 amide bonds. The third-order valence-electron chi connectivity index (χ3n) is 2.87. The number of benzene rings is 1. The molecule has 0 N–H and O–H groups in total. The average molecular weight is 304 g/mol. The van der Waals surface area contributed by atoms with Crippen molar-refractivity contribution >= 4 is 17.7 Å². The Morgan fingerprint density at radius 1 is 1.40 bits per heavy atom. The van der Waals surface area contributed by atoms with Crippen LogP contribution in [0.15, 0.2) is 18.2 Å². The Morgan fingerprint density at radius 2 is 2.05 bits per heavy atom. The van der Waals surface area contributed by atoms with E-state index < -0.39 is 24.2 Å². The molecule has 110 valence electrons. The van der Waals surface area contributed by atoms with Gasteiger partial charge in [0.05, 0.1) is 11.6 Å². The van der Waals surface area contributed by atoms with Crippen LogP contribution < -0.4 is 0 Å². The van der Waals surface area contributed by atoms with Crippen molar-refractivity contribution in [2.45, 2.75) is 38.8 Å². The van der Waals surface area contributed by atoms with Gasteiger partial charge in [-0.1, -0.05) is 23.7 Å². The van der Waals surface area contributed by atoms with E-state index in [4.69, 9.17) is 16.3 Å². The van der Waals surface area contributed by atoms with E-state index in [2.05, 4.69) is 0 Å². The molecule has 0 aliphatic carbocycles. The summed E-state index contributed by atoms with van der Waals surface area (Å²) in [6, 6.07) is 4.57. The van der Waals surface area contributed by atoms with E-state index in [-0.39, 0.29) is 17.1 Å². The van der Waals surface area contributed by atoms with Gasteiger partial charge < -0.3 is 4.74 Å². The van der Waals surface area contributed by atoms with Gasteiger partial charge in [-0.15, -0.1) is 0 Å². The predicted octanol–water partition coefficient (Wildman–Crippen LogP) is 4.18. The second-order valence-corrected chi connectivity index (χ2v) is 6.22. The molecule has 0 spiro atoms. The van der Waals surface area contributed by atoms with Crippen molar-refractivity contribution in [2.24, 2.45) is 0 Å². The Bertz CT molecular complexity index is 540. The van der Waals surface area contributed by atoms with Crippen LogP contribution in [0.4, 0.5) is 13.6 Å². The predicted molar refractivity (Wildman–Crippen MR) is 72.0 cm³/mol. The summed E-state index contributed by atoms with van der Waals surface area (Å²) in [5.41, 5.74) is -0.567. The van der Waals surface area contributed by atoms with Gasteiger partial charge in [-0.3, -0.25) is 4.90 Å². The Morgan fingerprint density at radius 3 is 2.65 bits per heavy atom. The van der Waals surface area contributed by atoms with Crippen LogP contribution in [0.5, 0.6) is 0 Å². The quantitative estimate of drug-likeness (QED) is 0.719. The Balaban J connectivity index is 2.29. The van der Waals surface area contributed by atoms with Gasteiger partial charge >= 0.3 is 6.09 Å². The molecule has 2 rings (SSSR count). The van der Waals surface area contributed by atoms with E-state index >= 15 is 0 Å². The van der Waals surface area contributed by atoms with Crippen molar-refractivity contribution in [1.82, 2.24) is 4.90 Å². The van der Waals surface area contributed by atoms with Crippen LogP contribution in [0, 0.1) is 0 Å². The SMILES string of the molecule is CC(C)(C)OC(=O)N1Cc2cccc(Cl)c2C(F)(F)C1. The van der Waals surface area contributed by atoms with Crippen LogP contribution >= 0.6 is 11.6 Å². The number of carbonyl (C=O) groups excluding carboxylic acids is 1. The summed E-state index contributed by atoms with van der Waals surface area (Å²) in [5.74, 6) is -3.18. The van der Waals surface area contributed by atoms with E-state index in [0.29, 0.717) is 5.56 Å². The van der Waals surface area contributed by atoms with Gasteiger partial charge in [-0.05, 0) is 32.4 Å². The van der Waals surface area contributed by atoms with Crippen LogP contribution in [0.3, 0.4) is 0 Å². The van der Waals surface area contributed by atoms with Crippen molar-refractivity contribution in [3.8, 4) is 0 Å². The maximum absolute atomic E-state index is 14.2. The molecule has 0 unspecified atom stereocenters. The lowest BCUT2D eigenvalue weighted by Gasteiger charge is -2.35. The summed E-state index contributed by atoms with van der Waals surface area (Å²) in [6.07, 6.45) is -0.747. The number of rotatable bonds is 0. The van der Waals surface area contributed by atoms with Crippen molar-refractivity contribution in [1.29, 1.82) is 0 Å². The van der Waals surface area contributed by atoms with Gasteiger partial charge in [0.2, 0.25) is 0 Å². The van der Waals surface area contributed by atoms with E-state index in [1.54, 1.807) is 32.9 Å². The molecule has 0 fully saturated rings. The third-order valence-corrected chi connectivity index (χ3v) is 3.18. The summed E-state index contributed by atoms with van der Waals surface area (Å²) in [5, 5.41) is 0.0244. The fourth-order valence-electron chi connectivity index (χ4n) is 2.15. The van der Waals surface area contributed by atoms with Gasteiger partial charge in [0.15, 0.2) is 0 Å². The first kappa shape index (κ1) is 15.0. The molecule has 1 aromatic carbocycles. The molecule has 6 heteroatoms. The molecule has 1 aliphatic rings. The number of halogens is 3. The lowest BCUT2D eigenvalue weighted by Crippen LogP contribution is -2.45. The molecule has 1 aliphatic heterocycles. The number of alkyl halides is 2. The van der Waals surface area contributed by atoms with Crippen LogP contribution in [0.25, 0.3) is 0 Å². The van der Waals surface area contributed by atoms with E-state index in [1.807, 2.05) is 0 Å². The fourth-order valence-corrected chi connectivity index (χ4v) is 2.48. The number of hydrogen-bond donors (Lipinski definition) is 0. The molecular formula is C14H16ClF2NO2. The van der Waals surface area contributed by atoms with Crippen LogP contribution in [0.2, 0.25) is 5.02 Å². The summed E-state index contributed by atoms with van der Waals surface area (Å²) < 4.78 is 33.5. The molecule has 3 nitrogen and oxygen atoms in total. The highest BCUT2D eigenvalue weighted by atomic mass is 35.5. The second kappa shape index (κ2) is 4.88. The lowest BCUT2D eigenvalue weighted by molar-refractivity contribution is -0.0590. The van der Waals surface area contributed by atoms with Crippen molar-refractivity contribution in [3.05, 3.63) is 34.3 Å². The molecule has 1 heterocycles. The van der Waals surface area contributed by atoms with Gasteiger partial charge in [-0.2, -0.15) is 8.78 Å². The fraction of sp³-hybridized carbons (Fsp3) is 0.500. The minimum absolute atomic E-state index is 0.0244. The van der Waals surface area contributed by atoms with Crippen molar-refractivity contribution in [2.75, 3.05) is 6.54 Å². The maximum Gasteiger partial charge on any atom is 0.410 e. The molecule has 0 saturated carbocycles. The number of nitrogens with zero attached hydrogens (tertiary/aromatic N) is 1. The Hall–Kier alpha value is -1.36. The molecule has 20 heavy (non-hydrogen) atoms. The summed E-state index contributed by atoms with van der Waals surface area (Å²) >= 11 is 5.85. The van der Waals surface area contributed by atoms with E-state index in [0.717, 1.165) is 4.90 Å². The highest BCUT2D eigenvalue weighted by Crippen LogP contribution is 2.40. The van der Waals surface area contributed by atoms with Crippen LogP contribution in [0.1, 0.15) is 31.9 Å². The summed E-state index contributed by atoms with van der Waals surface area (Å²) in [6.45, 7) is 4.42. The second-order valence-electron chi connectivity index (χ2n) is 5.81. The summed E-state index contributed by atoms with van der Waals surface area (Å²) in [4.78, 5) is 12.9. The number of fused-ring (bicyclic) bond motifs is 1. The molecule has 0 bridgehead atoms. The molecule has 0 radical (unpaired) electrons.